The maximum atomic E-state index is 14.4. The van der Waals surface area contributed by atoms with Gasteiger partial charge in [-0.25, -0.2) is 9.52 Å². The molecule has 4 rings (SSSR count). The maximum absolute atomic E-state index is 14.4. The normalized spacial score (nSPS) is 22.2. The number of hydrogen-bond donors (Lipinski definition) is 3. The van der Waals surface area contributed by atoms with Gasteiger partial charge in [0.15, 0.2) is 0 Å². The number of carbonyl (C=O) groups is 1. The van der Waals surface area contributed by atoms with Crippen LogP contribution in [0, 0.1) is 0 Å². The van der Waals surface area contributed by atoms with Crippen molar-refractivity contribution in [2.24, 2.45) is 0 Å². The SMILES string of the molecule is CC(C)NC(=O)N[C@]1(CCc2ccccc2)NS1(CCc1ccc(Cl)cn1)c1cc(C(F)(F)F)ccc1C(F)(F)F. The molecule has 2 amide bonds. The van der Waals surface area contributed by atoms with Crippen LogP contribution in [0.5, 0.6) is 0 Å². The number of hydrogen-bond acceptors (Lipinski definition) is 3. The molecule has 2 atom stereocenters. The average Bonchev–Trinajstić information content (AvgIpc) is 3.53. The molecule has 0 bridgehead atoms. The van der Waals surface area contributed by atoms with Crippen molar-refractivity contribution >= 4 is 27.8 Å². The van der Waals surface area contributed by atoms with Crippen LogP contribution in [-0.2, 0) is 25.2 Å². The molecule has 1 aromatic heterocycles. The zero-order valence-corrected chi connectivity index (χ0v) is 23.7. The number of urea groups is 1. The lowest BCUT2D eigenvalue weighted by Crippen LogP contribution is -2.48. The summed E-state index contributed by atoms with van der Waals surface area (Å²) in [4.78, 5) is 15.3. The Morgan fingerprint density at radius 3 is 2.29 bits per heavy atom. The molecule has 1 aliphatic heterocycles. The summed E-state index contributed by atoms with van der Waals surface area (Å²) in [5.74, 6) is -0.0111. The third-order valence-electron chi connectivity index (χ3n) is 6.68. The van der Waals surface area contributed by atoms with Gasteiger partial charge in [-0.2, -0.15) is 26.3 Å². The number of aromatic nitrogens is 1. The highest BCUT2D eigenvalue weighted by Gasteiger charge is 2.66. The second kappa shape index (κ2) is 11.7. The Morgan fingerprint density at radius 1 is 1.00 bits per heavy atom. The molecule has 0 saturated carbocycles. The van der Waals surface area contributed by atoms with E-state index >= 15 is 0 Å². The molecule has 41 heavy (non-hydrogen) atoms. The summed E-state index contributed by atoms with van der Waals surface area (Å²) in [7, 11) is -2.93. The smallest absolute Gasteiger partial charge is 0.336 e. The molecule has 222 valence electrons. The van der Waals surface area contributed by atoms with Crippen LogP contribution in [0.2, 0.25) is 5.02 Å². The van der Waals surface area contributed by atoms with Crippen LogP contribution in [0.4, 0.5) is 31.1 Å². The largest absolute Gasteiger partial charge is 0.417 e. The van der Waals surface area contributed by atoms with Gasteiger partial charge in [-0.05, 0) is 69.0 Å². The van der Waals surface area contributed by atoms with Crippen molar-refractivity contribution in [1.29, 1.82) is 0 Å². The molecule has 3 aromatic rings. The minimum Gasteiger partial charge on any atom is -0.336 e. The van der Waals surface area contributed by atoms with Crippen molar-refractivity contribution in [3.8, 4) is 0 Å². The van der Waals surface area contributed by atoms with E-state index in [0.29, 0.717) is 35.3 Å². The number of halogens is 7. The minimum atomic E-state index is -4.94. The first-order valence-corrected chi connectivity index (χ1v) is 14.9. The Balaban J connectivity index is 1.85. The van der Waals surface area contributed by atoms with E-state index in [2.05, 4.69) is 20.3 Å². The monoisotopic (exact) mass is 618 g/mol. The first-order chi connectivity index (χ1) is 19.2. The lowest BCUT2D eigenvalue weighted by Gasteiger charge is -2.31. The Kier molecular flexibility index (Phi) is 8.87. The summed E-state index contributed by atoms with van der Waals surface area (Å²) in [6.45, 7) is 3.44. The van der Waals surface area contributed by atoms with Crippen molar-refractivity contribution in [3.05, 3.63) is 94.3 Å². The number of carbonyl (C=O) groups excluding carboxylic acids is 1. The van der Waals surface area contributed by atoms with Gasteiger partial charge in [0.1, 0.15) is 4.99 Å². The number of alkyl halides is 6. The molecule has 1 aliphatic rings. The molecule has 2 aromatic carbocycles. The van der Waals surface area contributed by atoms with Crippen molar-refractivity contribution < 1.29 is 31.1 Å². The van der Waals surface area contributed by atoms with E-state index in [1.54, 1.807) is 26.0 Å². The van der Waals surface area contributed by atoms with Crippen LogP contribution < -0.4 is 15.4 Å². The predicted octanol–water partition coefficient (Wildman–Crippen LogP) is 7.69. The zero-order chi connectivity index (χ0) is 30.1. The summed E-state index contributed by atoms with van der Waals surface area (Å²) in [5, 5.41) is 5.87. The summed E-state index contributed by atoms with van der Waals surface area (Å²) in [6, 6.07) is 12.9. The van der Waals surface area contributed by atoms with Crippen LogP contribution in [0.15, 0.2) is 71.8 Å². The molecule has 1 fully saturated rings. The summed E-state index contributed by atoms with van der Waals surface area (Å²) in [6.07, 6.45) is -7.80. The van der Waals surface area contributed by atoms with Gasteiger partial charge in [0.05, 0.1) is 16.1 Å². The summed E-state index contributed by atoms with van der Waals surface area (Å²) >= 11 is 5.93. The van der Waals surface area contributed by atoms with Gasteiger partial charge in [-0.1, -0.05) is 41.9 Å². The van der Waals surface area contributed by atoms with Crippen molar-refractivity contribution in [2.45, 2.75) is 61.4 Å². The third-order valence-corrected chi connectivity index (χ3v) is 10.9. The molecule has 13 heteroatoms. The van der Waals surface area contributed by atoms with Crippen LogP contribution in [0.3, 0.4) is 0 Å². The molecule has 2 heterocycles. The first kappa shape index (κ1) is 31.0. The number of rotatable bonds is 9. The van der Waals surface area contributed by atoms with E-state index in [1.807, 2.05) is 30.3 Å². The molecular weight excluding hydrogens is 590 g/mol. The molecule has 0 radical (unpaired) electrons. The Labute approximate surface area is 240 Å². The van der Waals surface area contributed by atoms with Crippen LogP contribution >= 0.6 is 21.8 Å². The van der Waals surface area contributed by atoms with E-state index in [-0.39, 0.29) is 24.6 Å². The molecule has 0 spiro atoms. The first-order valence-electron chi connectivity index (χ1n) is 12.8. The molecule has 1 saturated heterocycles. The van der Waals surface area contributed by atoms with Gasteiger partial charge < -0.3 is 10.6 Å². The van der Waals surface area contributed by atoms with Crippen LogP contribution in [0.1, 0.15) is 42.7 Å². The van der Waals surface area contributed by atoms with E-state index < -0.39 is 49.6 Å². The Morgan fingerprint density at radius 2 is 1.71 bits per heavy atom. The number of pyridine rings is 1. The van der Waals surface area contributed by atoms with E-state index in [4.69, 9.17) is 11.6 Å². The van der Waals surface area contributed by atoms with Gasteiger partial charge in [-0.15, -0.1) is 10.2 Å². The number of nitrogens with zero attached hydrogens (tertiary/aromatic N) is 1. The fourth-order valence-electron chi connectivity index (χ4n) is 4.72. The van der Waals surface area contributed by atoms with Gasteiger partial charge >= 0.3 is 18.4 Å². The lowest BCUT2D eigenvalue weighted by atomic mass is 10.1. The average molecular weight is 619 g/mol. The minimum absolute atomic E-state index is 0.0111. The fraction of sp³-hybridized carbons (Fsp3) is 0.357. The Bertz CT molecular complexity index is 1370. The highest BCUT2D eigenvalue weighted by atomic mass is 35.5. The van der Waals surface area contributed by atoms with Crippen molar-refractivity contribution in [2.75, 3.05) is 5.75 Å². The molecule has 5 nitrogen and oxygen atoms in total. The van der Waals surface area contributed by atoms with E-state index in [0.717, 1.165) is 5.56 Å². The molecule has 3 N–H and O–H groups in total. The van der Waals surface area contributed by atoms with Gasteiger partial charge in [0, 0.05) is 28.6 Å². The number of nitrogens with one attached hydrogen (secondary N) is 3. The fourth-order valence-corrected chi connectivity index (χ4v) is 9.08. The highest BCUT2D eigenvalue weighted by molar-refractivity contribution is 8.38. The number of benzene rings is 2. The number of aryl methyl sites for hydroxylation is 2. The van der Waals surface area contributed by atoms with E-state index in [9.17, 15) is 31.1 Å². The van der Waals surface area contributed by atoms with Gasteiger partial charge in [-0.3, -0.25) is 4.98 Å². The standard InChI is InChI=1S/C28H29ClF6N4OS/c1-18(2)37-25(40)38-26(14-12-19-6-4-3-5-7-19)39-41(26,15-13-22-10-9-21(29)17-36-22)24-16-20(27(30,31)32)8-11-23(24)28(33,34)35/h3-11,16-18,39H,12-15H2,1-2H3,(H2,37,38,40)/t26-/m1/s1. The Hall–Kier alpha value is -2.96. The second-order valence-corrected chi connectivity index (χ2v) is 13.7. The van der Waals surface area contributed by atoms with Gasteiger partial charge in [0.25, 0.3) is 0 Å². The lowest BCUT2D eigenvalue weighted by molar-refractivity contribution is -0.143. The predicted molar refractivity (Wildman–Crippen MR) is 148 cm³/mol. The zero-order valence-electron chi connectivity index (χ0n) is 22.2. The molecule has 0 aliphatic carbocycles. The highest BCUT2D eigenvalue weighted by Crippen LogP contribution is 2.76. The van der Waals surface area contributed by atoms with E-state index in [1.165, 1.54) is 6.20 Å². The summed E-state index contributed by atoms with van der Waals surface area (Å²) < 4.78 is 87.7. The molecular formula is C28H29ClF6N4OS. The van der Waals surface area contributed by atoms with Crippen molar-refractivity contribution in [1.82, 2.24) is 20.3 Å². The number of amides is 2. The van der Waals surface area contributed by atoms with Gasteiger partial charge in [0.2, 0.25) is 0 Å². The van der Waals surface area contributed by atoms with Crippen LogP contribution in [0.25, 0.3) is 0 Å². The van der Waals surface area contributed by atoms with Crippen LogP contribution in [-0.4, -0.2) is 27.8 Å². The second-order valence-electron chi connectivity index (χ2n) is 10.0. The summed E-state index contributed by atoms with van der Waals surface area (Å²) in [5.41, 5.74) is -1.02. The quantitative estimate of drug-likeness (QED) is 0.170. The topological polar surface area (TPSA) is 76.0 Å². The van der Waals surface area contributed by atoms with Crippen molar-refractivity contribution in [3.63, 3.8) is 0 Å². The third kappa shape index (κ3) is 7.10. The molecule has 1 unspecified atom stereocenters. The maximum Gasteiger partial charge on any atom is 0.417 e.